The molecule has 0 spiro atoms. The minimum absolute atomic E-state index is 0.0278. The van der Waals surface area contributed by atoms with Crippen molar-refractivity contribution < 1.29 is 4.79 Å². The molecule has 0 saturated heterocycles. The van der Waals surface area contributed by atoms with Gasteiger partial charge < -0.3 is 5.32 Å². The first-order chi connectivity index (χ1) is 7.63. The van der Waals surface area contributed by atoms with Crippen molar-refractivity contribution in [3.05, 3.63) is 41.5 Å². The molecule has 0 saturated carbocycles. The first-order valence-corrected chi connectivity index (χ1v) is 5.11. The maximum atomic E-state index is 11.6. The molecule has 16 heavy (non-hydrogen) atoms. The predicted octanol–water partition coefficient (Wildman–Crippen LogP) is 2.12. The van der Waals surface area contributed by atoms with E-state index in [0.717, 1.165) is 5.56 Å². The van der Waals surface area contributed by atoms with Crippen LogP contribution in [0.25, 0.3) is 6.08 Å². The van der Waals surface area contributed by atoms with Crippen molar-refractivity contribution in [1.29, 1.82) is 5.26 Å². The zero-order valence-corrected chi connectivity index (χ0v) is 9.40. The Labute approximate surface area is 95.4 Å². The summed E-state index contributed by atoms with van der Waals surface area (Å²) in [6, 6.07) is 11.2. The van der Waals surface area contributed by atoms with Crippen LogP contribution in [0, 0.1) is 11.3 Å². The third kappa shape index (κ3) is 3.58. The second-order valence-electron chi connectivity index (χ2n) is 3.71. The summed E-state index contributed by atoms with van der Waals surface area (Å²) in [5.41, 5.74) is 0.970. The zero-order valence-electron chi connectivity index (χ0n) is 9.40. The zero-order chi connectivity index (χ0) is 12.0. The second kappa shape index (κ2) is 5.72. The number of hydrogen-bond donors (Lipinski definition) is 1. The van der Waals surface area contributed by atoms with Gasteiger partial charge in [0.2, 0.25) is 0 Å². The Morgan fingerprint density at radius 1 is 1.38 bits per heavy atom. The lowest BCUT2D eigenvalue weighted by atomic mass is 10.1. The number of carbonyl (C=O) groups is 1. The fourth-order valence-electron chi connectivity index (χ4n) is 1.20. The highest BCUT2D eigenvalue weighted by atomic mass is 16.1. The van der Waals surface area contributed by atoms with Crippen molar-refractivity contribution in [2.24, 2.45) is 0 Å². The molecule has 0 atom stereocenters. The normalized spacial score (nSPS) is 11.0. The van der Waals surface area contributed by atoms with Crippen LogP contribution in [0.1, 0.15) is 19.4 Å². The minimum atomic E-state index is -0.332. The molecule has 0 bridgehead atoms. The highest BCUT2D eigenvalue weighted by molar-refractivity contribution is 6.01. The van der Waals surface area contributed by atoms with Gasteiger partial charge in [0.1, 0.15) is 11.6 Å². The third-order valence-electron chi connectivity index (χ3n) is 1.90. The fourth-order valence-corrected chi connectivity index (χ4v) is 1.20. The van der Waals surface area contributed by atoms with Crippen LogP contribution in [0.2, 0.25) is 0 Å². The molecular formula is C13H14N2O. The highest BCUT2D eigenvalue weighted by Gasteiger charge is 2.09. The minimum Gasteiger partial charge on any atom is -0.349 e. The number of amides is 1. The number of nitrogens with one attached hydrogen (secondary N) is 1. The Hall–Kier alpha value is -2.08. The molecule has 3 nitrogen and oxygen atoms in total. The van der Waals surface area contributed by atoms with Gasteiger partial charge in [0.05, 0.1) is 0 Å². The van der Waals surface area contributed by atoms with Crippen molar-refractivity contribution >= 4 is 12.0 Å². The summed E-state index contributed by atoms with van der Waals surface area (Å²) in [5, 5.41) is 11.6. The fraction of sp³-hybridized carbons (Fsp3) is 0.231. The second-order valence-corrected chi connectivity index (χ2v) is 3.71. The summed E-state index contributed by atoms with van der Waals surface area (Å²) < 4.78 is 0. The van der Waals surface area contributed by atoms with Crippen LogP contribution in [0.5, 0.6) is 0 Å². The standard InChI is InChI=1S/C13H14N2O/c1-10(2)15-13(16)12(9-14)8-11-6-4-3-5-7-11/h3-8,10H,1-2H3,(H,15,16)/b12-8+. The maximum Gasteiger partial charge on any atom is 0.262 e. The van der Waals surface area contributed by atoms with Gasteiger partial charge in [-0.05, 0) is 25.5 Å². The summed E-state index contributed by atoms with van der Waals surface area (Å²) in [6.07, 6.45) is 1.58. The van der Waals surface area contributed by atoms with Gasteiger partial charge in [-0.25, -0.2) is 0 Å². The quantitative estimate of drug-likeness (QED) is 0.619. The molecule has 1 aromatic carbocycles. The van der Waals surface area contributed by atoms with Crippen LogP contribution in [0.4, 0.5) is 0 Å². The van der Waals surface area contributed by atoms with Crippen LogP contribution in [-0.4, -0.2) is 11.9 Å². The van der Waals surface area contributed by atoms with Gasteiger partial charge in [-0.2, -0.15) is 5.26 Å². The topological polar surface area (TPSA) is 52.9 Å². The van der Waals surface area contributed by atoms with E-state index in [1.165, 1.54) is 0 Å². The van der Waals surface area contributed by atoms with E-state index >= 15 is 0 Å². The molecule has 0 radical (unpaired) electrons. The summed E-state index contributed by atoms with van der Waals surface area (Å²) in [6.45, 7) is 3.71. The smallest absolute Gasteiger partial charge is 0.262 e. The van der Waals surface area contributed by atoms with Crippen LogP contribution < -0.4 is 5.32 Å². The summed E-state index contributed by atoms with van der Waals surface area (Å²) >= 11 is 0. The van der Waals surface area contributed by atoms with Gasteiger partial charge in [-0.3, -0.25) is 4.79 Å². The average molecular weight is 214 g/mol. The van der Waals surface area contributed by atoms with Crippen LogP contribution in [0.3, 0.4) is 0 Å². The van der Waals surface area contributed by atoms with Gasteiger partial charge in [-0.15, -0.1) is 0 Å². The SMILES string of the molecule is CC(C)NC(=O)/C(C#N)=C/c1ccccc1. The first-order valence-electron chi connectivity index (χ1n) is 5.11. The van der Waals surface area contributed by atoms with Crippen LogP contribution in [0.15, 0.2) is 35.9 Å². The van der Waals surface area contributed by atoms with Crippen LogP contribution in [-0.2, 0) is 4.79 Å². The lowest BCUT2D eigenvalue weighted by molar-refractivity contribution is -0.117. The van der Waals surface area contributed by atoms with E-state index in [4.69, 9.17) is 5.26 Å². The van der Waals surface area contributed by atoms with Crippen molar-refractivity contribution in [2.75, 3.05) is 0 Å². The van der Waals surface area contributed by atoms with Crippen molar-refractivity contribution in [2.45, 2.75) is 19.9 Å². The molecule has 1 N–H and O–H groups in total. The molecule has 0 heterocycles. The monoisotopic (exact) mass is 214 g/mol. The third-order valence-corrected chi connectivity index (χ3v) is 1.90. The highest BCUT2D eigenvalue weighted by Crippen LogP contribution is 2.06. The summed E-state index contributed by atoms with van der Waals surface area (Å²) in [4.78, 5) is 11.6. The number of rotatable bonds is 3. The van der Waals surface area contributed by atoms with Crippen molar-refractivity contribution in [1.82, 2.24) is 5.32 Å². The summed E-state index contributed by atoms with van der Waals surface area (Å²) in [5.74, 6) is -0.332. The molecule has 3 heteroatoms. The maximum absolute atomic E-state index is 11.6. The lowest BCUT2D eigenvalue weighted by Gasteiger charge is -2.06. The average Bonchev–Trinajstić information content (AvgIpc) is 2.26. The predicted molar refractivity (Wildman–Crippen MR) is 63.3 cm³/mol. The van der Waals surface area contributed by atoms with Gasteiger partial charge in [-0.1, -0.05) is 30.3 Å². The molecule has 0 unspecified atom stereocenters. The largest absolute Gasteiger partial charge is 0.349 e. The molecule has 82 valence electrons. The molecule has 1 aromatic rings. The van der Waals surface area contributed by atoms with Gasteiger partial charge in [0.25, 0.3) is 5.91 Å². The van der Waals surface area contributed by atoms with Crippen molar-refractivity contribution in [3.63, 3.8) is 0 Å². The molecule has 0 aliphatic rings. The van der Waals surface area contributed by atoms with Crippen LogP contribution >= 0.6 is 0 Å². The van der Waals surface area contributed by atoms with E-state index in [2.05, 4.69) is 5.32 Å². The van der Waals surface area contributed by atoms with Gasteiger partial charge >= 0.3 is 0 Å². The van der Waals surface area contributed by atoms with E-state index in [1.807, 2.05) is 50.2 Å². The van der Waals surface area contributed by atoms with Gasteiger partial charge in [0, 0.05) is 6.04 Å². The molecule has 1 amide bonds. The number of nitrogens with zero attached hydrogens (tertiary/aromatic N) is 1. The van der Waals surface area contributed by atoms with Gasteiger partial charge in [0.15, 0.2) is 0 Å². The number of nitriles is 1. The Morgan fingerprint density at radius 3 is 2.50 bits per heavy atom. The molecule has 0 fully saturated rings. The number of hydrogen-bond acceptors (Lipinski definition) is 2. The molecule has 0 aromatic heterocycles. The van der Waals surface area contributed by atoms with E-state index < -0.39 is 0 Å². The molecule has 1 rings (SSSR count). The Kier molecular flexibility index (Phi) is 4.28. The molecular weight excluding hydrogens is 200 g/mol. The summed E-state index contributed by atoms with van der Waals surface area (Å²) in [7, 11) is 0. The van der Waals surface area contributed by atoms with Crippen molar-refractivity contribution in [3.8, 4) is 6.07 Å². The Balaban J connectivity index is 2.88. The molecule has 0 aliphatic heterocycles. The molecule has 0 aliphatic carbocycles. The first kappa shape index (κ1) is 12.0. The lowest BCUT2D eigenvalue weighted by Crippen LogP contribution is -2.30. The van der Waals surface area contributed by atoms with E-state index in [-0.39, 0.29) is 17.5 Å². The van der Waals surface area contributed by atoms with E-state index in [9.17, 15) is 4.79 Å². The van der Waals surface area contributed by atoms with E-state index in [1.54, 1.807) is 6.08 Å². The van der Waals surface area contributed by atoms with E-state index in [0.29, 0.717) is 0 Å². The Bertz CT molecular complexity index is 427. The Morgan fingerprint density at radius 2 is 2.00 bits per heavy atom. The number of carbonyl (C=O) groups excluding carboxylic acids is 1. The number of benzene rings is 1.